The van der Waals surface area contributed by atoms with Gasteiger partial charge >= 0.3 is 12.2 Å². The van der Waals surface area contributed by atoms with E-state index >= 15 is 0 Å². The number of alkyl halides is 2. The van der Waals surface area contributed by atoms with Crippen molar-refractivity contribution in [3.63, 3.8) is 0 Å². The van der Waals surface area contributed by atoms with Crippen LogP contribution in [0.3, 0.4) is 0 Å². The molecule has 3 aromatic carbocycles. The van der Waals surface area contributed by atoms with Gasteiger partial charge in [0, 0.05) is 18.5 Å². The highest BCUT2D eigenvalue weighted by Crippen LogP contribution is 2.41. The van der Waals surface area contributed by atoms with E-state index in [1.54, 1.807) is 43.1 Å². The standard InChI is InChI=1S/C43H48F2N8O7/c1-22(2)34(49-41(57)59-5)39(55)52-15-7-8-32(52)36-46-20-31(48-36)28-12-11-24-16-25(9-10-26(24)17-28)27-13-14-29-30(18-27)47-37(51-38(29)54)33-19-43(44,45)21-53(33)40(56)35(23(3)4)50-42(58)60-6/h9-14,16-18,20,22-23,32-35H,7-8,15,19,21H2,1-6H3,(H,46,48)(H,49,57)(H,50,58)(H,47,51,54)/t32-,33-,34-,35-/m0/s1. The number of nitrogens with zero attached hydrogens (tertiary/aromatic N) is 4. The highest BCUT2D eigenvalue weighted by Gasteiger charge is 2.50. The van der Waals surface area contributed by atoms with Gasteiger partial charge in [-0.25, -0.2) is 28.3 Å². The van der Waals surface area contributed by atoms with Crippen molar-refractivity contribution in [3.8, 4) is 22.4 Å². The molecule has 60 heavy (non-hydrogen) atoms. The Bertz CT molecular complexity index is 2520. The zero-order valence-electron chi connectivity index (χ0n) is 34.2. The molecule has 7 rings (SSSR count). The number of likely N-dealkylation sites (tertiary alicyclic amines) is 2. The molecule has 2 aromatic heterocycles. The first-order chi connectivity index (χ1) is 28.6. The highest BCUT2D eigenvalue weighted by molar-refractivity contribution is 5.92. The molecule has 5 aromatic rings. The van der Waals surface area contributed by atoms with Crippen LogP contribution in [0.1, 0.15) is 70.7 Å². The summed E-state index contributed by atoms with van der Waals surface area (Å²) in [5, 5.41) is 7.25. The first-order valence-corrected chi connectivity index (χ1v) is 19.9. The Hall–Kier alpha value is -6.39. The number of hydrogen-bond donors (Lipinski definition) is 4. The second kappa shape index (κ2) is 16.7. The van der Waals surface area contributed by atoms with E-state index in [0.717, 1.165) is 58.0 Å². The third-order valence-electron chi connectivity index (χ3n) is 11.3. The summed E-state index contributed by atoms with van der Waals surface area (Å²) in [6.45, 7) is 6.74. The number of carbonyl (C=O) groups is 4. The Morgan fingerprint density at radius 3 is 2.00 bits per heavy atom. The van der Waals surface area contributed by atoms with Gasteiger partial charge in [0.2, 0.25) is 11.8 Å². The fraction of sp³-hybridized carbons (Fsp3) is 0.419. The lowest BCUT2D eigenvalue weighted by Gasteiger charge is -2.30. The molecule has 4 amide bonds. The largest absolute Gasteiger partial charge is 0.453 e. The smallest absolute Gasteiger partial charge is 0.407 e. The number of H-pyrrole nitrogens is 2. The van der Waals surface area contributed by atoms with Crippen LogP contribution in [0.4, 0.5) is 18.4 Å². The van der Waals surface area contributed by atoms with Gasteiger partial charge in [-0.1, -0.05) is 58.0 Å². The number of fused-ring (bicyclic) bond motifs is 2. The number of methoxy groups -OCH3 is 2. The molecule has 17 heteroatoms. The molecule has 2 fully saturated rings. The average molecular weight is 827 g/mol. The van der Waals surface area contributed by atoms with Crippen molar-refractivity contribution in [2.45, 2.75) is 77.0 Å². The summed E-state index contributed by atoms with van der Waals surface area (Å²) in [5.74, 6) is -4.19. The van der Waals surface area contributed by atoms with E-state index in [4.69, 9.17) is 4.74 Å². The summed E-state index contributed by atoms with van der Waals surface area (Å²) in [6.07, 6.45) is 0.996. The Morgan fingerprint density at radius 1 is 0.783 bits per heavy atom. The van der Waals surface area contributed by atoms with Crippen LogP contribution in [0.5, 0.6) is 0 Å². The summed E-state index contributed by atoms with van der Waals surface area (Å²) in [6, 6.07) is 13.6. The molecule has 15 nitrogen and oxygen atoms in total. The number of rotatable bonds is 10. The number of aromatic amines is 2. The van der Waals surface area contributed by atoms with E-state index in [1.807, 2.05) is 50.2 Å². The third-order valence-corrected chi connectivity index (χ3v) is 11.3. The van der Waals surface area contributed by atoms with Crippen molar-refractivity contribution in [2.75, 3.05) is 27.3 Å². The third kappa shape index (κ3) is 8.38. The molecule has 2 aliphatic rings. The number of aromatic nitrogens is 4. The summed E-state index contributed by atoms with van der Waals surface area (Å²) < 4.78 is 39.3. The number of amides is 4. The number of halogens is 2. The minimum absolute atomic E-state index is 0.0775. The van der Waals surface area contributed by atoms with Gasteiger partial charge in [0.15, 0.2) is 0 Å². The molecular weight excluding hydrogens is 779 g/mol. The molecule has 0 unspecified atom stereocenters. The van der Waals surface area contributed by atoms with E-state index in [-0.39, 0.29) is 34.6 Å². The normalized spacial score (nSPS) is 18.6. The summed E-state index contributed by atoms with van der Waals surface area (Å²) in [5.41, 5.74) is 2.98. The second-order valence-corrected chi connectivity index (χ2v) is 16.1. The van der Waals surface area contributed by atoms with Gasteiger partial charge < -0.3 is 39.9 Å². The Balaban J connectivity index is 1.13. The molecule has 0 radical (unpaired) electrons. The zero-order valence-corrected chi connectivity index (χ0v) is 34.2. The van der Waals surface area contributed by atoms with Crippen molar-refractivity contribution in [1.82, 2.24) is 40.4 Å². The first-order valence-electron chi connectivity index (χ1n) is 19.9. The molecule has 4 N–H and O–H groups in total. The number of carbonyl (C=O) groups excluding carboxylic acids is 4. The number of nitrogens with one attached hydrogen (secondary N) is 4. The minimum Gasteiger partial charge on any atom is -0.453 e. The van der Waals surface area contributed by atoms with Crippen molar-refractivity contribution in [3.05, 3.63) is 82.8 Å². The number of alkyl carbamates (subject to hydrolysis) is 2. The fourth-order valence-corrected chi connectivity index (χ4v) is 8.10. The zero-order chi connectivity index (χ0) is 43.0. The number of benzene rings is 3. The molecule has 2 saturated heterocycles. The van der Waals surface area contributed by atoms with Crippen LogP contribution in [0.25, 0.3) is 44.1 Å². The fourth-order valence-electron chi connectivity index (χ4n) is 8.10. The van der Waals surface area contributed by atoms with Crippen LogP contribution in [0, 0.1) is 11.8 Å². The predicted molar refractivity (Wildman–Crippen MR) is 219 cm³/mol. The van der Waals surface area contributed by atoms with Gasteiger partial charge in [0.05, 0.1) is 55.6 Å². The molecule has 4 atom stereocenters. The topological polar surface area (TPSA) is 192 Å². The quantitative estimate of drug-likeness (QED) is 0.122. The lowest BCUT2D eigenvalue weighted by atomic mass is 9.98. The number of hydrogen-bond acceptors (Lipinski definition) is 9. The van der Waals surface area contributed by atoms with Crippen LogP contribution in [-0.4, -0.2) is 99.1 Å². The van der Waals surface area contributed by atoms with E-state index in [0.29, 0.717) is 12.4 Å². The Morgan fingerprint density at radius 2 is 1.37 bits per heavy atom. The van der Waals surface area contributed by atoms with Crippen molar-refractivity contribution >= 4 is 45.7 Å². The lowest BCUT2D eigenvalue weighted by molar-refractivity contribution is -0.137. The van der Waals surface area contributed by atoms with Gasteiger partial charge in [0.25, 0.3) is 11.5 Å². The molecule has 2 aliphatic heterocycles. The SMILES string of the molecule is COC(=O)N[C@H](C(=O)N1CCC[C@H]1c1ncc(-c2ccc3cc(-c4ccc5c(=O)[nH]c([C@@H]6CC(F)(F)CN6C(=O)[C@@H](NC(=O)OC)C(C)C)nc5c4)ccc3c2)[nH]1)C(C)C. The van der Waals surface area contributed by atoms with Crippen LogP contribution < -0.4 is 16.2 Å². The molecule has 0 bridgehead atoms. The van der Waals surface area contributed by atoms with E-state index in [9.17, 15) is 32.8 Å². The summed E-state index contributed by atoms with van der Waals surface area (Å²) in [4.78, 5) is 82.6. The monoisotopic (exact) mass is 826 g/mol. The summed E-state index contributed by atoms with van der Waals surface area (Å²) in [7, 11) is 2.41. The molecule has 4 heterocycles. The van der Waals surface area contributed by atoms with Gasteiger partial charge in [0.1, 0.15) is 23.7 Å². The minimum atomic E-state index is -3.26. The maximum absolute atomic E-state index is 15.0. The van der Waals surface area contributed by atoms with Gasteiger partial charge in [-0.15, -0.1) is 0 Å². The molecule has 0 spiro atoms. The van der Waals surface area contributed by atoms with Crippen molar-refractivity contribution in [2.24, 2.45) is 11.8 Å². The van der Waals surface area contributed by atoms with Gasteiger partial charge in [-0.2, -0.15) is 0 Å². The van der Waals surface area contributed by atoms with Crippen molar-refractivity contribution in [1.29, 1.82) is 0 Å². The van der Waals surface area contributed by atoms with E-state index < -0.39 is 66.6 Å². The Labute approximate surface area is 344 Å². The van der Waals surface area contributed by atoms with Crippen LogP contribution in [0.15, 0.2) is 65.6 Å². The highest BCUT2D eigenvalue weighted by atomic mass is 19.3. The van der Waals surface area contributed by atoms with Gasteiger partial charge in [-0.3, -0.25) is 14.4 Å². The molecular formula is C43H48F2N8O7. The van der Waals surface area contributed by atoms with Crippen molar-refractivity contribution < 1.29 is 37.4 Å². The number of ether oxygens (including phenoxy) is 2. The number of imidazole rings is 1. The molecule has 0 saturated carbocycles. The summed E-state index contributed by atoms with van der Waals surface area (Å²) >= 11 is 0. The van der Waals surface area contributed by atoms with E-state index in [2.05, 4.69) is 35.3 Å². The maximum Gasteiger partial charge on any atom is 0.407 e. The van der Waals surface area contributed by atoms with Crippen LogP contribution >= 0.6 is 0 Å². The average Bonchev–Trinajstić information content (AvgIpc) is 3.99. The molecule has 0 aliphatic carbocycles. The Kier molecular flexibility index (Phi) is 11.6. The van der Waals surface area contributed by atoms with Crippen LogP contribution in [-0.2, 0) is 19.1 Å². The van der Waals surface area contributed by atoms with Crippen LogP contribution in [0.2, 0.25) is 0 Å². The first kappa shape index (κ1) is 41.8. The van der Waals surface area contributed by atoms with E-state index in [1.165, 1.54) is 7.11 Å². The second-order valence-electron chi connectivity index (χ2n) is 16.1. The predicted octanol–water partition coefficient (Wildman–Crippen LogP) is 6.47. The maximum atomic E-state index is 15.0. The molecule has 316 valence electrons. The lowest BCUT2D eigenvalue weighted by Crippen LogP contribution is -2.51. The van der Waals surface area contributed by atoms with Gasteiger partial charge in [-0.05, 0) is 70.8 Å².